The van der Waals surface area contributed by atoms with E-state index in [1.54, 1.807) is 6.07 Å². The van der Waals surface area contributed by atoms with Crippen molar-refractivity contribution < 1.29 is 9.90 Å². The normalized spacial score (nSPS) is 16.5. The van der Waals surface area contributed by atoms with Gasteiger partial charge in [0, 0.05) is 10.9 Å². The maximum atomic E-state index is 11.1. The van der Waals surface area contributed by atoms with Gasteiger partial charge in [-0.3, -0.25) is 0 Å². The molecule has 92 valence electrons. The summed E-state index contributed by atoms with van der Waals surface area (Å²) in [6.45, 7) is 2.12. The molecule has 1 aromatic carbocycles. The van der Waals surface area contributed by atoms with Crippen LogP contribution in [0.4, 0.5) is 5.82 Å². The summed E-state index contributed by atoms with van der Waals surface area (Å²) >= 11 is 0. The van der Waals surface area contributed by atoms with Crippen LogP contribution in [0.2, 0.25) is 0 Å². The van der Waals surface area contributed by atoms with Gasteiger partial charge >= 0.3 is 5.97 Å². The molecule has 1 heterocycles. The lowest BCUT2D eigenvalue weighted by atomic mass is 10.1. The molecule has 0 atom stereocenters. The van der Waals surface area contributed by atoms with Gasteiger partial charge in [0.15, 0.2) is 5.69 Å². The Labute approximate surface area is 105 Å². The van der Waals surface area contributed by atoms with Crippen LogP contribution in [0.1, 0.15) is 30.3 Å². The van der Waals surface area contributed by atoms with E-state index in [1.807, 2.05) is 24.3 Å². The summed E-state index contributed by atoms with van der Waals surface area (Å²) < 4.78 is 0. The molecule has 2 N–H and O–H groups in total. The quantitative estimate of drug-likeness (QED) is 0.868. The Morgan fingerprint density at radius 2 is 2.11 bits per heavy atom. The van der Waals surface area contributed by atoms with E-state index in [2.05, 4.69) is 17.2 Å². The average molecular weight is 242 g/mol. The van der Waals surface area contributed by atoms with Crippen LogP contribution in [0.5, 0.6) is 0 Å². The van der Waals surface area contributed by atoms with Gasteiger partial charge in [-0.2, -0.15) is 0 Å². The summed E-state index contributed by atoms with van der Waals surface area (Å²) in [4.78, 5) is 15.3. The van der Waals surface area contributed by atoms with Crippen molar-refractivity contribution in [2.24, 2.45) is 0 Å². The molecule has 0 amide bonds. The Balaban J connectivity index is 2.16. The number of hydrogen-bond donors (Lipinski definition) is 2. The zero-order valence-electron chi connectivity index (χ0n) is 10.1. The Morgan fingerprint density at radius 1 is 1.39 bits per heavy atom. The minimum absolute atomic E-state index is 0.0763. The average Bonchev–Trinajstić information content (AvgIpc) is 3.06. The summed E-state index contributed by atoms with van der Waals surface area (Å²) in [5.41, 5.74) is 0.160. The van der Waals surface area contributed by atoms with Crippen molar-refractivity contribution in [3.63, 3.8) is 0 Å². The van der Waals surface area contributed by atoms with Crippen LogP contribution in [0, 0.1) is 0 Å². The summed E-state index contributed by atoms with van der Waals surface area (Å²) in [5.74, 6) is -0.324. The zero-order chi connectivity index (χ0) is 12.8. The molecule has 0 radical (unpaired) electrons. The van der Waals surface area contributed by atoms with Crippen LogP contribution < -0.4 is 5.32 Å². The number of benzene rings is 1. The maximum absolute atomic E-state index is 11.1. The van der Waals surface area contributed by atoms with Gasteiger partial charge in [-0.25, -0.2) is 9.78 Å². The first-order valence-corrected chi connectivity index (χ1v) is 5.99. The smallest absolute Gasteiger partial charge is 0.354 e. The minimum atomic E-state index is -0.996. The van der Waals surface area contributed by atoms with Crippen LogP contribution in [0.15, 0.2) is 30.3 Å². The largest absolute Gasteiger partial charge is 0.477 e. The summed E-state index contributed by atoms with van der Waals surface area (Å²) in [5, 5.41) is 14.3. The monoisotopic (exact) mass is 242 g/mol. The number of nitrogens with zero attached hydrogens (tertiary/aromatic N) is 1. The van der Waals surface area contributed by atoms with E-state index in [9.17, 15) is 4.79 Å². The highest BCUT2D eigenvalue weighted by molar-refractivity contribution is 5.97. The van der Waals surface area contributed by atoms with Gasteiger partial charge < -0.3 is 10.4 Å². The number of carbonyl (C=O) groups is 1. The Hall–Kier alpha value is -2.10. The standard InChI is InChI=1S/C14H14N2O2/c1-14(6-7-14)16-12-10-5-3-2-4-9(10)8-11(15-12)13(17)18/h2-5,8H,6-7H2,1H3,(H,15,16)(H,17,18). The van der Waals surface area contributed by atoms with Gasteiger partial charge in [0.05, 0.1) is 0 Å². The first-order chi connectivity index (χ1) is 8.57. The highest BCUT2D eigenvalue weighted by atomic mass is 16.4. The van der Waals surface area contributed by atoms with Crippen molar-refractivity contribution in [1.82, 2.24) is 4.98 Å². The maximum Gasteiger partial charge on any atom is 0.354 e. The number of carboxylic acids is 1. The number of aromatic carboxylic acids is 1. The lowest BCUT2D eigenvalue weighted by Crippen LogP contribution is -2.18. The van der Waals surface area contributed by atoms with Gasteiger partial charge in [-0.05, 0) is 31.2 Å². The third-order valence-electron chi connectivity index (χ3n) is 3.38. The molecule has 1 aliphatic carbocycles. The minimum Gasteiger partial charge on any atom is -0.477 e. The topological polar surface area (TPSA) is 62.2 Å². The number of rotatable bonds is 3. The third kappa shape index (κ3) is 1.90. The van der Waals surface area contributed by atoms with Gasteiger partial charge in [-0.1, -0.05) is 24.3 Å². The lowest BCUT2D eigenvalue weighted by molar-refractivity contribution is 0.0691. The fourth-order valence-electron chi connectivity index (χ4n) is 2.00. The highest BCUT2D eigenvalue weighted by Crippen LogP contribution is 2.39. The Kier molecular flexibility index (Phi) is 2.26. The highest BCUT2D eigenvalue weighted by Gasteiger charge is 2.37. The van der Waals surface area contributed by atoms with Gasteiger partial charge in [0.1, 0.15) is 5.82 Å². The van der Waals surface area contributed by atoms with Crippen LogP contribution >= 0.6 is 0 Å². The molecule has 2 aromatic rings. The second-order valence-corrected chi connectivity index (χ2v) is 5.07. The molecular weight excluding hydrogens is 228 g/mol. The zero-order valence-corrected chi connectivity index (χ0v) is 10.1. The molecule has 1 fully saturated rings. The van der Waals surface area contributed by atoms with Crippen LogP contribution in [-0.4, -0.2) is 21.6 Å². The van der Waals surface area contributed by atoms with Crippen molar-refractivity contribution in [2.45, 2.75) is 25.3 Å². The summed E-state index contributed by atoms with van der Waals surface area (Å²) in [7, 11) is 0. The Morgan fingerprint density at radius 3 is 2.78 bits per heavy atom. The molecular formula is C14H14N2O2. The van der Waals surface area contributed by atoms with E-state index in [1.165, 1.54) is 0 Å². The number of carboxylic acid groups (broad SMARTS) is 1. The predicted molar refractivity (Wildman–Crippen MR) is 70.0 cm³/mol. The fourth-order valence-corrected chi connectivity index (χ4v) is 2.00. The second-order valence-electron chi connectivity index (χ2n) is 5.07. The van der Waals surface area contributed by atoms with Crippen molar-refractivity contribution in [3.8, 4) is 0 Å². The van der Waals surface area contributed by atoms with E-state index >= 15 is 0 Å². The number of anilines is 1. The first-order valence-electron chi connectivity index (χ1n) is 5.99. The second kappa shape index (κ2) is 3.70. The molecule has 1 aliphatic rings. The molecule has 1 aromatic heterocycles. The van der Waals surface area contributed by atoms with Crippen molar-refractivity contribution in [3.05, 3.63) is 36.0 Å². The third-order valence-corrected chi connectivity index (χ3v) is 3.38. The molecule has 1 saturated carbocycles. The van der Waals surface area contributed by atoms with E-state index < -0.39 is 5.97 Å². The molecule has 0 bridgehead atoms. The van der Waals surface area contributed by atoms with Crippen molar-refractivity contribution in [2.75, 3.05) is 5.32 Å². The lowest BCUT2D eigenvalue weighted by Gasteiger charge is -2.15. The van der Waals surface area contributed by atoms with Gasteiger partial charge in [-0.15, -0.1) is 0 Å². The molecule has 3 rings (SSSR count). The van der Waals surface area contributed by atoms with E-state index in [4.69, 9.17) is 5.11 Å². The van der Waals surface area contributed by atoms with Crippen LogP contribution in [0.25, 0.3) is 10.8 Å². The van der Waals surface area contributed by atoms with Gasteiger partial charge in [0.25, 0.3) is 0 Å². The SMILES string of the molecule is CC1(Nc2nc(C(=O)O)cc3ccccc23)CC1. The molecule has 0 aliphatic heterocycles. The fraction of sp³-hybridized carbons (Fsp3) is 0.286. The molecule has 4 nitrogen and oxygen atoms in total. The number of fused-ring (bicyclic) bond motifs is 1. The molecule has 4 heteroatoms. The van der Waals surface area contributed by atoms with E-state index in [0.717, 1.165) is 23.6 Å². The number of nitrogens with one attached hydrogen (secondary N) is 1. The Bertz CT molecular complexity index is 633. The predicted octanol–water partition coefficient (Wildman–Crippen LogP) is 2.90. The first kappa shape index (κ1) is 11.0. The van der Waals surface area contributed by atoms with Crippen LogP contribution in [-0.2, 0) is 0 Å². The summed E-state index contributed by atoms with van der Waals surface area (Å²) in [6.07, 6.45) is 2.20. The van der Waals surface area contributed by atoms with E-state index in [-0.39, 0.29) is 11.2 Å². The molecule has 0 saturated heterocycles. The number of pyridine rings is 1. The summed E-state index contributed by atoms with van der Waals surface area (Å²) in [6, 6.07) is 9.31. The van der Waals surface area contributed by atoms with Crippen molar-refractivity contribution >= 4 is 22.6 Å². The van der Waals surface area contributed by atoms with Crippen LogP contribution in [0.3, 0.4) is 0 Å². The van der Waals surface area contributed by atoms with Gasteiger partial charge in [0.2, 0.25) is 0 Å². The van der Waals surface area contributed by atoms with Crippen molar-refractivity contribution in [1.29, 1.82) is 0 Å². The molecule has 18 heavy (non-hydrogen) atoms. The molecule has 0 spiro atoms. The number of aromatic nitrogens is 1. The molecule has 0 unspecified atom stereocenters. The van der Waals surface area contributed by atoms with E-state index in [0.29, 0.717) is 5.82 Å². The number of hydrogen-bond acceptors (Lipinski definition) is 3.